The molecule has 0 aliphatic rings. The first kappa shape index (κ1) is 12.5. The highest BCUT2D eigenvalue weighted by Gasteiger charge is 2.15. The van der Waals surface area contributed by atoms with Gasteiger partial charge in [0.1, 0.15) is 12.0 Å². The van der Waals surface area contributed by atoms with Crippen molar-refractivity contribution in [1.29, 1.82) is 0 Å². The van der Waals surface area contributed by atoms with E-state index in [1.54, 1.807) is 13.0 Å². The van der Waals surface area contributed by atoms with Gasteiger partial charge >= 0.3 is 0 Å². The van der Waals surface area contributed by atoms with Gasteiger partial charge in [-0.05, 0) is 35.6 Å². The largest absolute Gasteiger partial charge is 0.507 e. The van der Waals surface area contributed by atoms with E-state index in [0.717, 1.165) is 17.4 Å². The Hall–Kier alpha value is -1.57. The molecule has 0 heterocycles. The van der Waals surface area contributed by atoms with Gasteiger partial charge in [0.25, 0.3) is 0 Å². The maximum atomic E-state index is 10.4. The summed E-state index contributed by atoms with van der Waals surface area (Å²) < 4.78 is 0. The zero-order valence-corrected chi connectivity index (χ0v) is 10.2. The summed E-state index contributed by atoms with van der Waals surface area (Å²) in [5, 5.41) is 9.89. The Kier molecular flexibility index (Phi) is 3.53. The van der Waals surface area contributed by atoms with Crippen LogP contribution < -0.4 is 0 Å². The second-order valence-corrected chi connectivity index (χ2v) is 4.97. The molecule has 86 valence electrons. The topological polar surface area (TPSA) is 37.3 Å². The minimum absolute atomic E-state index is 0.0122. The van der Waals surface area contributed by atoms with Crippen molar-refractivity contribution >= 4 is 11.9 Å². The van der Waals surface area contributed by atoms with Crippen molar-refractivity contribution in [1.82, 2.24) is 0 Å². The predicted octanol–water partition coefficient (Wildman–Crippen LogP) is 3.29. The predicted molar refractivity (Wildman–Crippen MR) is 66.5 cm³/mol. The number of phenolic OH excluding ortho intramolecular Hbond substituents is 1. The van der Waals surface area contributed by atoms with E-state index in [-0.39, 0.29) is 11.2 Å². The first-order chi connectivity index (χ1) is 7.36. The molecule has 0 aliphatic heterocycles. The van der Waals surface area contributed by atoms with Crippen LogP contribution in [0.2, 0.25) is 0 Å². The summed E-state index contributed by atoms with van der Waals surface area (Å²) in [6.07, 6.45) is 2.18. The van der Waals surface area contributed by atoms with Crippen molar-refractivity contribution in [3.05, 3.63) is 35.4 Å². The molecule has 0 bridgehead atoms. The van der Waals surface area contributed by atoms with E-state index in [4.69, 9.17) is 0 Å². The van der Waals surface area contributed by atoms with Gasteiger partial charge in [-0.3, -0.25) is 4.79 Å². The Labute approximate surface area is 96.6 Å². The molecule has 0 unspecified atom stereocenters. The Morgan fingerprint density at radius 3 is 2.38 bits per heavy atom. The molecule has 0 amide bonds. The monoisotopic (exact) mass is 218 g/mol. The molecule has 0 aromatic heterocycles. The molecular formula is C14H18O2. The maximum absolute atomic E-state index is 10.4. The molecule has 1 rings (SSSR count). The van der Waals surface area contributed by atoms with Gasteiger partial charge in [0.05, 0.1) is 0 Å². The van der Waals surface area contributed by atoms with Crippen LogP contribution in [0.1, 0.15) is 38.8 Å². The Bertz CT molecular complexity index is 423. The van der Waals surface area contributed by atoms with E-state index in [1.807, 2.05) is 12.1 Å². The molecule has 16 heavy (non-hydrogen) atoms. The molecule has 0 radical (unpaired) electrons. The highest BCUT2D eigenvalue weighted by molar-refractivity contribution is 5.82. The van der Waals surface area contributed by atoms with Crippen LogP contribution in [-0.4, -0.2) is 11.4 Å². The van der Waals surface area contributed by atoms with Crippen molar-refractivity contribution in [2.75, 3.05) is 0 Å². The summed E-state index contributed by atoms with van der Waals surface area (Å²) in [5.74, 6) is 0.225. The molecular weight excluding hydrogens is 200 g/mol. The fourth-order valence-corrected chi connectivity index (χ4v) is 1.52. The average Bonchev–Trinajstić information content (AvgIpc) is 2.16. The highest BCUT2D eigenvalue weighted by Crippen LogP contribution is 2.30. The number of carbonyl (C=O) groups excluding carboxylic acids is 1. The number of allylic oxidation sites excluding steroid dienone is 2. The van der Waals surface area contributed by atoms with Gasteiger partial charge in [-0.1, -0.05) is 32.9 Å². The number of carbonyl (C=O) groups is 1. The van der Waals surface area contributed by atoms with E-state index in [1.165, 1.54) is 6.08 Å². The third-order valence-corrected chi connectivity index (χ3v) is 2.61. The van der Waals surface area contributed by atoms with Crippen molar-refractivity contribution < 1.29 is 9.90 Å². The van der Waals surface area contributed by atoms with Crippen molar-refractivity contribution in [3.8, 4) is 5.75 Å². The first-order valence-electron chi connectivity index (χ1n) is 5.32. The SMILES string of the molecule is CC(=CC=O)c1ccc(C(C)(C)C)cc1O. The molecule has 0 fully saturated rings. The molecule has 0 saturated carbocycles. The summed E-state index contributed by atoms with van der Waals surface area (Å²) in [6.45, 7) is 8.08. The van der Waals surface area contributed by atoms with Crippen LogP contribution in [-0.2, 0) is 10.2 Å². The second kappa shape index (κ2) is 4.52. The van der Waals surface area contributed by atoms with Crippen molar-refractivity contribution in [2.24, 2.45) is 0 Å². The fourth-order valence-electron chi connectivity index (χ4n) is 1.52. The third-order valence-electron chi connectivity index (χ3n) is 2.61. The first-order valence-corrected chi connectivity index (χ1v) is 5.32. The van der Waals surface area contributed by atoms with Crippen LogP contribution in [0.4, 0.5) is 0 Å². The molecule has 2 heteroatoms. The second-order valence-electron chi connectivity index (χ2n) is 4.97. The number of hydrogen-bond acceptors (Lipinski definition) is 2. The van der Waals surface area contributed by atoms with Crippen molar-refractivity contribution in [3.63, 3.8) is 0 Å². The fraction of sp³-hybridized carbons (Fsp3) is 0.357. The number of hydrogen-bond donors (Lipinski definition) is 1. The van der Waals surface area contributed by atoms with Crippen LogP contribution >= 0.6 is 0 Å². The lowest BCUT2D eigenvalue weighted by atomic mass is 9.86. The smallest absolute Gasteiger partial charge is 0.143 e. The van der Waals surface area contributed by atoms with E-state index in [9.17, 15) is 9.90 Å². The minimum Gasteiger partial charge on any atom is -0.507 e. The Balaban J connectivity index is 3.20. The van der Waals surface area contributed by atoms with Gasteiger partial charge < -0.3 is 5.11 Å². The number of phenols is 1. The van der Waals surface area contributed by atoms with Gasteiger partial charge in [-0.15, -0.1) is 0 Å². The Morgan fingerprint density at radius 2 is 1.94 bits per heavy atom. The molecule has 1 aromatic carbocycles. The third kappa shape index (κ3) is 2.72. The molecule has 0 aliphatic carbocycles. The van der Waals surface area contributed by atoms with E-state index in [2.05, 4.69) is 20.8 Å². The van der Waals surface area contributed by atoms with Crippen LogP contribution in [0.5, 0.6) is 5.75 Å². The summed E-state index contributed by atoms with van der Waals surface area (Å²) in [4.78, 5) is 10.4. The molecule has 1 aromatic rings. The summed E-state index contributed by atoms with van der Waals surface area (Å²) in [7, 11) is 0. The lowest BCUT2D eigenvalue weighted by Gasteiger charge is -2.20. The standard InChI is InChI=1S/C14H18O2/c1-10(7-8-15)12-6-5-11(9-13(12)16)14(2,3)4/h5-9,16H,1-4H3. The van der Waals surface area contributed by atoms with Crippen LogP contribution in [0, 0.1) is 0 Å². The van der Waals surface area contributed by atoms with Crippen LogP contribution in [0.25, 0.3) is 5.57 Å². The number of benzene rings is 1. The lowest BCUT2D eigenvalue weighted by molar-refractivity contribution is -0.104. The maximum Gasteiger partial charge on any atom is 0.143 e. The highest BCUT2D eigenvalue weighted by atomic mass is 16.3. The lowest BCUT2D eigenvalue weighted by Crippen LogP contribution is -2.10. The number of aldehydes is 1. The zero-order chi connectivity index (χ0) is 12.3. The summed E-state index contributed by atoms with van der Waals surface area (Å²) in [6, 6.07) is 5.60. The van der Waals surface area contributed by atoms with Crippen molar-refractivity contribution in [2.45, 2.75) is 33.1 Å². The molecule has 0 saturated heterocycles. The van der Waals surface area contributed by atoms with Crippen LogP contribution in [0.3, 0.4) is 0 Å². The minimum atomic E-state index is 0.0122. The van der Waals surface area contributed by atoms with E-state index < -0.39 is 0 Å². The van der Waals surface area contributed by atoms with E-state index in [0.29, 0.717) is 5.56 Å². The van der Waals surface area contributed by atoms with Gasteiger partial charge in [-0.2, -0.15) is 0 Å². The summed E-state index contributed by atoms with van der Waals surface area (Å²) >= 11 is 0. The number of rotatable bonds is 2. The quantitative estimate of drug-likeness (QED) is 0.611. The Morgan fingerprint density at radius 1 is 1.31 bits per heavy atom. The molecule has 0 atom stereocenters. The van der Waals surface area contributed by atoms with Gasteiger partial charge in [0, 0.05) is 5.56 Å². The van der Waals surface area contributed by atoms with E-state index >= 15 is 0 Å². The molecule has 1 N–H and O–H groups in total. The zero-order valence-electron chi connectivity index (χ0n) is 10.2. The summed E-state index contributed by atoms with van der Waals surface area (Å²) in [5.41, 5.74) is 2.57. The van der Waals surface area contributed by atoms with Gasteiger partial charge in [0.2, 0.25) is 0 Å². The average molecular weight is 218 g/mol. The normalized spacial score (nSPS) is 12.6. The van der Waals surface area contributed by atoms with Crippen LogP contribution in [0.15, 0.2) is 24.3 Å². The molecule has 0 spiro atoms. The molecule has 2 nitrogen and oxygen atoms in total. The van der Waals surface area contributed by atoms with Gasteiger partial charge in [-0.25, -0.2) is 0 Å². The van der Waals surface area contributed by atoms with Gasteiger partial charge in [0.15, 0.2) is 0 Å². The number of aromatic hydroxyl groups is 1.